The summed E-state index contributed by atoms with van der Waals surface area (Å²) in [5.74, 6) is -0.814. The van der Waals surface area contributed by atoms with Crippen LogP contribution in [0.5, 0.6) is 0 Å². The van der Waals surface area contributed by atoms with E-state index < -0.39 is 42.6 Å². The number of unbranched alkanes of at least 4 members (excludes halogenated alkanes) is 12. The van der Waals surface area contributed by atoms with Crippen molar-refractivity contribution < 1.29 is 39.5 Å². The Balaban J connectivity index is 2.18. The van der Waals surface area contributed by atoms with Gasteiger partial charge in [0.2, 0.25) is 0 Å². The summed E-state index contributed by atoms with van der Waals surface area (Å²) in [7, 11) is 0. The maximum absolute atomic E-state index is 11.6. The van der Waals surface area contributed by atoms with E-state index in [4.69, 9.17) is 9.47 Å². The first-order valence-corrected chi connectivity index (χ1v) is 16.0. The van der Waals surface area contributed by atoms with Crippen LogP contribution in [0.4, 0.5) is 0 Å². The Morgan fingerprint density at radius 3 is 1.77 bits per heavy atom. The first-order valence-electron chi connectivity index (χ1n) is 16.0. The summed E-state index contributed by atoms with van der Waals surface area (Å²) in [5.41, 5.74) is 0. The lowest BCUT2D eigenvalue weighted by atomic mass is 9.95. The van der Waals surface area contributed by atoms with Crippen LogP contribution in [0, 0.1) is 0 Å². The predicted octanol–water partition coefficient (Wildman–Crippen LogP) is 5.67. The van der Waals surface area contributed by atoms with Gasteiger partial charge in [-0.25, -0.2) is 4.79 Å². The number of aliphatic hydroxyl groups is 4. The summed E-state index contributed by atoms with van der Waals surface area (Å²) >= 11 is 0. The number of hydrogen-bond donors (Lipinski definition) is 4. The zero-order chi connectivity index (χ0) is 29.6. The Labute approximate surface area is 242 Å². The highest BCUT2D eigenvalue weighted by atomic mass is 16.5. The van der Waals surface area contributed by atoms with Gasteiger partial charge in [0.05, 0.1) is 24.4 Å². The maximum atomic E-state index is 11.6. The van der Waals surface area contributed by atoms with Crippen molar-refractivity contribution in [2.75, 3.05) is 0 Å². The Hall–Kier alpha value is -1.48. The Bertz CT molecular complexity index is 682. The molecule has 0 saturated heterocycles. The van der Waals surface area contributed by atoms with E-state index in [1.54, 1.807) is 6.08 Å². The molecule has 0 aromatic carbocycles. The average molecular weight is 571 g/mol. The lowest BCUT2D eigenvalue weighted by Crippen LogP contribution is -2.30. The molecule has 0 spiro atoms. The number of aliphatic hydroxyl groups excluding tert-OH is 4. The van der Waals surface area contributed by atoms with Crippen LogP contribution in [0.25, 0.3) is 0 Å². The van der Waals surface area contributed by atoms with E-state index in [1.165, 1.54) is 77.2 Å². The second-order valence-electron chi connectivity index (χ2n) is 11.8. The molecule has 1 rings (SSSR count). The van der Waals surface area contributed by atoms with E-state index >= 15 is 0 Å². The van der Waals surface area contributed by atoms with Crippen LogP contribution in [0.2, 0.25) is 0 Å². The quantitative estimate of drug-likeness (QED) is 0.0816. The van der Waals surface area contributed by atoms with E-state index in [0.717, 1.165) is 19.3 Å². The molecule has 0 aliphatic carbocycles. The van der Waals surface area contributed by atoms with Gasteiger partial charge in [0, 0.05) is 32.3 Å². The van der Waals surface area contributed by atoms with Gasteiger partial charge >= 0.3 is 11.9 Å². The van der Waals surface area contributed by atoms with Crippen molar-refractivity contribution in [2.24, 2.45) is 0 Å². The lowest BCUT2D eigenvalue weighted by Gasteiger charge is -2.25. The van der Waals surface area contributed by atoms with Crippen molar-refractivity contribution in [2.45, 2.75) is 179 Å². The van der Waals surface area contributed by atoms with Gasteiger partial charge in [0.15, 0.2) is 0 Å². The molecule has 0 bridgehead atoms. The van der Waals surface area contributed by atoms with E-state index in [-0.39, 0.29) is 38.1 Å². The predicted molar refractivity (Wildman–Crippen MR) is 157 cm³/mol. The fourth-order valence-electron chi connectivity index (χ4n) is 5.50. The van der Waals surface area contributed by atoms with Crippen LogP contribution >= 0.6 is 0 Å². The summed E-state index contributed by atoms with van der Waals surface area (Å²) in [6, 6.07) is 0. The molecule has 5 unspecified atom stereocenters. The summed E-state index contributed by atoms with van der Waals surface area (Å²) in [4.78, 5) is 22.9. The highest BCUT2D eigenvalue weighted by Crippen LogP contribution is 2.20. The number of ether oxygens (including phenoxy) is 2. The molecule has 6 atom stereocenters. The van der Waals surface area contributed by atoms with Crippen LogP contribution in [0.15, 0.2) is 12.2 Å². The van der Waals surface area contributed by atoms with E-state index in [1.807, 2.05) is 0 Å². The van der Waals surface area contributed by atoms with Crippen LogP contribution in [-0.4, -0.2) is 69.0 Å². The molecule has 0 radical (unpaired) electrons. The van der Waals surface area contributed by atoms with Gasteiger partial charge in [-0.15, -0.1) is 0 Å². The zero-order valence-corrected chi connectivity index (χ0v) is 25.2. The zero-order valence-electron chi connectivity index (χ0n) is 25.2. The second-order valence-corrected chi connectivity index (χ2v) is 11.8. The maximum Gasteiger partial charge on any atom is 0.330 e. The molecule has 0 amide bonds. The Morgan fingerprint density at radius 2 is 1.27 bits per heavy atom. The van der Waals surface area contributed by atoms with Gasteiger partial charge in [-0.05, 0) is 32.1 Å². The van der Waals surface area contributed by atoms with Gasteiger partial charge < -0.3 is 29.9 Å². The highest BCUT2D eigenvalue weighted by molar-refractivity contribution is 5.82. The molecular weight excluding hydrogens is 512 g/mol. The third-order valence-corrected chi connectivity index (χ3v) is 7.60. The van der Waals surface area contributed by atoms with Crippen LogP contribution in [-0.2, 0) is 19.1 Å². The van der Waals surface area contributed by atoms with Crippen molar-refractivity contribution in [3.8, 4) is 0 Å². The fourth-order valence-corrected chi connectivity index (χ4v) is 5.50. The van der Waals surface area contributed by atoms with Crippen LogP contribution < -0.4 is 0 Å². The summed E-state index contributed by atoms with van der Waals surface area (Å²) in [6.45, 7) is 3.61. The molecule has 4 N–H and O–H groups in total. The molecule has 1 aliphatic rings. The average Bonchev–Trinajstić information content (AvgIpc) is 2.86. The van der Waals surface area contributed by atoms with Gasteiger partial charge in [0.1, 0.15) is 12.2 Å². The summed E-state index contributed by atoms with van der Waals surface area (Å²) < 4.78 is 10.5. The summed E-state index contributed by atoms with van der Waals surface area (Å²) in [6.07, 6.45) is 16.8. The van der Waals surface area contributed by atoms with Crippen molar-refractivity contribution in [3.05, 3.63) is 12.2 Å². The van der Waals surface area contributed by atoms with Crippen LogP contribution in [0.3, 0.4) is 0 Å². The van der Waals surface area contributed by atoms with Crippen molar-refractivity contribution in [1.82, 2.24) is 0 Å². The topological polar surface area (TPSA) is 134 Å². The number of cyclic esters (lactones) is 1. The van der Waals surface area contributed by atoms with Crippen LogP contribution in [0.1, 0.15) is 142 Å². The normalized spacial score (nSPS) is 19.1. The molecule has 0 saturated carbocycles. The largest absolute Gasteiger partial charge is 0.462 e. The van der Waals surface area contributed by atoms with Crippen molar-refractivity contribution >= 4 is 11.9 Å². The molecule has 234 valence electrons. The third kappa shape index (κ3) is 20.4. The van der Waals surface area contributed by atoms with Gasteiger partial charge in [-0.2, -0.15) is 0 Å². The molecular formula is C32H58O8. The smallest absolute Gasteiger partial charge is 0.330 e. The summed E-state index contributed by atoms with van der Waals surface area (Å²) in [5, 5.41) is 41.4. The van der Waals surface area contributed by atoms with Crippen molar-refractivity contribution in [3.63, 3.8) is 0 Å². The van der Waals surface area contributed by atoms with Gasteiger partial charge in [0.25, 0.3) is 0 Å². The standard InChI is InChI=1S/C32H58O8/c1-3-4-5-6-7-8-9-10-11-12-13-14-15-17-30(39-25(2)33)23-28(36)21-26(34)20-27(35)22-29(37)24-31-18-16-19-32(38)40-31/h16,19,26-31,34-37H,3-15,17-18,20-24H2,1-2H3/t26?,27?,28?,29?,30?,31-/m1/s1. The molecule has 0 fully saturated rings. The molecule has 0 aromatic rings. The number of esters is 2. The minimum absolute atomic E-state index is 0.00949. The highest BCUT2D eigenvalue weighted by Gasteiger charge is 2.25. The Kier molecular flexibility index (Phi) is 21.1. The molecule has 8 nitrogen and oxygen atoms in total. The van der Waals surface area contributed by atoms with E-state index in [0.29, 0.717) is 12.8 Å². The molecule has 8 heteroatoms. The first-order chi connectivity index (χ1) is 19.2. The Morgan fingerprint density at radius 1 is 0.800 bits per heavy atom. The monoisotopic (exact) mass is 570 g/mol. The number of carbonyl (C=O) groups is 2. The molecule has 1 heterocycles. The van der Waals surface area contributed by atoms with E-state index in [2.05, 4.69) is 6.92 Å². The number of carbonyl (C=O) groups excluding carboxylic acids is 2. The van der Waals surface area contributed by atoms with Crippen molar-refractivity contribution in [1.29, 1.82) is 0 Å². The third-order valence-electron chi connectivity index (χ3n) is 7.60. The second kappa shape index (κ2) is 23.1. The SMILES string of the molecule is CCCCCCCCCCCCCCCC(CC(O)CC(O)CC(O)CC(O)C[C@H]1CC=CC(=O)O1)OC(C)=O. The lowest BCUT2D eigenvalue weighted by molar-refractivity contribution is -0.148. The fraction of sp³-hybridized carbons (Fsp3) is 0.875. The number of rotatable bonds is 25. The van der Waals surface area contributed by atoms with Gasteiger partial charge in [-0.3, -0.25) is 4.79 Å². The molecule has 1 aliphatic heterocycles. The van der Waals surface area contributed by atoms with E-state index in [9.17, 15) is 30.0 Å². The molecule has 40 heavy (non-hydrogen) atoms. The first kappa shape index (κ1) is 36.5. The molecule has 0 aromatic heterocycles. The minimum Gasteiger partial charge on any atom is -0.462 e. The minimum atomic E-state index is -0.957. The number of hydrogen-bond acceptors (Lipinski definition) is 8. The van der Waals surface area contributed by atoms with Gasteiger partial charge in [-0.1, -0.05) is 90.0 Å².